The minimum Gasteiger partial charge on any atom is -0.458 e. The number of amides is 3. The van der Waals surface area contributed by atoms with E-state index in [-0.39, 0.29) is 35.7 Å². The van der Waals surface area contributed by atoms with Gasteiger partial charge in [-0.15, -0.1) is 11.3 Å². The molecule has 0 radical (unpaired) electrons. The number of imide groups is 1. The summed E-state index contributed by atoms with van der Waals surface area (Å²) < 4.78 is 38.2. The molecule has 4 rings (SSSR count). The molecule has 230 valence electrons. The van der Waals surface area contributed by atoms with E-state index in [0.29, 0.717) is 4.90 Å². The largest absolute Gasteiger partial charge is 0.458 e. The number of nitriles is 1. The summed E-state index contributed by atoms with van der Waals surface area (Å²) in [7, 11) is 0. The van der Waals surface area contributed by atoms with Crippen molar-refractivity contribution in [3.8, 4) is 18.4 Å². The van der Waals surface area contributed by atoms with E-state index in [1.807, 2.05) is 6.07 Å². The van der Waals surface area contributed by atoms with Crippen molar-refractivity contribution in [3.63, 3.8) is 0 Å². The Morgan fingerprint density at radius 1 is 1.09 bits per heavy atom. The van der Waals surface area contributed by atoms with Gasteiger partial charge in [0.05, 0.1) is 24.7 Å². The van der Waals surface area contributed by atoms with Crippen LogP contribution in [0, 0.1) is 35.4 Å². The third kappa shape index (κ3) is 6.79. The molecule has 13 heteroatoms. The van der Waals surface area contributed by atoms with Crippen LogP contribution in [-0.4, -0.2) is 64.5 Å². The highest BCUT2D eigenvalue weighted by molar-refractivity contribution is 6.06. The van der Waals surface area contributed by atoms with E-state index < -0.39 is 58.7 Å². The second-order valence-electron chi connectivity index (χ2n) is 12.1. The third-order valence-electron chi connectivity index (χ3n) is 6.42. The summed E-state index contributed by atoms with van der Waals surface area (Å²) in [5.41, 5.74) is -3.58. The van der Waals surface area contributed by atoms with Crippen LogP contribution in [0.25, 0.3) is 0 Å². The van der Waals surface area contributed by atoms with Crippen LogP contribution in [0.2, 0.25) is 0 Å². The second-order valence-corrected chi connectivity index (χ2v) is 12.1. The molecule has 3 heterocycles. The minimum atomic E-state index is -1.85. The number of rotatable bonds is 3. The van der Waals surface area contributed by atoms with E-state index in [1.165, 1.54) is 30.5 Å². The Morgan fingerprint density at radius 3 is 2.30 bits per heavy atom. The highest BCUT2D eigenvalue weighted by atomic mass is 19.1. The molecule has 2 aliphatic heterocycles. The van der Waals surface area contributed by atoms with Gasteiger partial charge in [-0.25, -0.2) is 24.0 Å². The number of pyridine rings is 1. The Bertz CT molecular complexity index is 1550. The van der Waals surface area contributed by atoms with E-state index in [0.717, 1.165) is 6.07 Å². The summed E-state index contributed by atoms with van der Waals surface area (Å²) in [6.45, 7) is 9.68. The number of hydrogen-bond acceptors (Lipinski definition) is 10. The van der Waals surface area contributed by atoms with Crippen LogP contribution in [0.1, 0.15) is 63.2 Å². The fourth-order valence-corrected chi connectivity index (χ4v) is 4.55. The lowest BCUT2D eigenvalue weighted by atomic mass is 9.76. The Balaban J connectivity index is 1.81. The van der Waals surface area contributed by atoms with Gasteiger partial charge in [0.25, 0.3) is 5.91 Å². The number of terminal acetylenes is 1. The highest BCUT2D eigenvalue weighted by Gasteiger charge is 2.55. The first kappa shape index (κ1) is 31.9. The Morgan fingerprint density at radius 2 is 1.75 bits per heavy atom. The zero-order chi connectivity index (χ0) is 32.4. The van der Waals surface area contributed by atoms with Gasteiger partial charge in [-0.05, 0) is 71.9 Å². The Kier molecular flexibility index (Phi) is 8.66. The van der Waals surface area contributed by atoms with E-state index >= 15 is 4.39 Å². The van der Waals surface area contributed by atoms with Crippen LogP contribution >= 0.6 is 0 Å². The van der Waals surface area contributed by atoms with Gasteiger partial charge in [-0.1, -0.05) is 5.92 Å². The summed E-state index contributed by atoms with van der Waals surface area (Å²) in [4.78, 5) is 48.5. The number of nitrogens with one attached hydrogen (secondary N) is 1. The van der Waals surface area contributed by atoms with Crippen LogP contribution in [0.3, 0.4) is 0 Å². The molecule has 0 aliphatic carbocycles. The quantitative estimate of drug-likeness (QED) is 0.489. The molecule has 2 aliphatic rings. The van der Waals surface area contributed by atoms with Crippen LogP contribution in [0.4, 0.5) is 19.7 Å². The second kappa shape index (κ2) is 11.9. The maximum absolute atomic E-state index is 15.7. The lowest BCUT2D eigenvalue weighted by Crippen LogP contribution is -2.54. The average molecular weight is 606 g/mol. The van der Waals surface area contributed by atoms with Gasteiger partial charge in [-0.2, -0.15) is 5.26 Å². The van der Waals surface area contributed by atoms with Crippen molar-refractivity contribution in [1.29, 1.82) is 5.26 Å². The topological polar surface area (TPSA) is 152 Å². The van der Waals surface area contributed by atoms with Crippen LogP contribution in [0.5, 0.6) is 0 Å². The molecular weight excluding hydrogens is 573 g/mol. The number of aliphatic imine (C=N–C) groups is 1. The first-order chi connectivity index (χ1) is 20.6. The maximum Gasteiger partial charge on any atom is 0.428 e. The van der Waals surface area contributed by atoms with E-state index in [2.05, 4.69) is 21.2 Å². The van der Waals surface area contributed by atoms with Gasteiger partial charge in [0.2, 0.25) is 0 Å². The standard InChI is InChI=1S/C31H32FN5O7/c1-8-31(20-13-19(10-11-22(20)32)35-25(38)23-12-9-18(14-33)15-34-23)21-16-41-17-24(21)42-26(36-31)37(27(39)43-29(2,3)4)28(40)44-30(5,6)7/h1,9-13,15,21,24H,16-17H2,2-7H3,(H,35,38)/t21-,24+,31+/m0/s1. The molecule has 3 atom stereocenters. The summed E-state index contributed by atoms with van der Waals surface area (Å²) in [6, 6.07) is 7.90. The van der Waals surface area contributed by atoms with Crippen molar-refractivity contribution in [1.82, 2.24) is 9.88 Å². The normalized spacial score (nSPS) is 21.0. The highest BCUT2D eigenvalue weighted by Crippen LogP contribution is 2.45. The zero-order valence-corrected chi connectivity index (χ0v) is 25.1. The van der Waals surface area contributed by atoms with Gasteiger partial charge < -0.3 is 24.3 Å². The Hall–Kier alpha value is -5.01. The first-order valence-electron chi connectivity index (χ1n) is 13.6. The maximum atomic E-state index is 15.7. The van der Waals surface area contributed by atoms with Crippen molar-refractivity contribution in [2.24, 2.45) is 10.9 Å². The minimum absolute atomic E-state index is 0.00595. The smallest absolute Gasteiger partial charge is 0.428 e. The molecule has 1 fully saturated rings. The van der Waals surface area contributed by atoms with E-state index in [1.54, 1.807) is 41.5 Å². The lowest BCUT2D eigenvalue weighted by Gasteiger charge is -2.40. The SMILES string of the molecule is C#C[C@]1(c2cc(NC(=O)c3ccc(C#N)cn3)ccc2F)N=C(N(C(=O)OC(C)(C)C)C(=O)OC(C)(C)C)O[C@@H]2COC[C@@H]21. The van der Waals surface area contributed by atoms with Gasteiger partial charge in [-0.3, -0.25) is 4.79 Å². The van der Waals surface area contributed by atoms with Crippen LogP contribution < -0.4 is 5.32 Å². The van der Waals surface area contributed by atoms with E-state index in [4.69, 9.17) is 30.6 Å². The molecule has 1 aromatic heterocycles. The number of hydrogen-bond donors (Lipinski definition) is 1. The molecule has 0 spiro atoms. The molecule has 3 amide bonds. The molecule has 0 unspecified atom stereocenters. The molecule has 0 saturated carbocycles. The summed E-state index contributed by atoms with van der Waals surface area (Å²) in [6.07, 6.45) is 4.18. The number of nitrogens with zero attached hydrogens (tertiary/aromatic N) is 4. The third-order valence-corrected chi connectivity index (χ3v) is 6.42. The molecule has 1 N–H and O–H groups in total. The van der Waals surface area contributed by atoms with Gasteiger partial charge >= 0.3 is 18.2 Å². The number of halogens is 1. The van der Waals surface area contributed by atoms with Crippen molar-refractivity contribution in [3.05, 3.63) is 59.2 Å². The van der Waals surface area contributed by atoms with Gasteiger partial charge in [0.15, 0.2) is 5.54 Å². The van der Waals surface area contributed by atoms with Crippen molar-refractivity contribution in [2.45, 2.75) is 64.4 Å². The molecule has 12 nitrogen and oxygen atoms in total. The van der Waals surface area contributed by atoms with Gasteiger partial charge in [0.1, 0.15) is 34.9 Å². The predicted molar refractivity (Wildman–Crippen MR) is 155 cm³/mol. The van der Waals surface area contributed by atoms with Crippen molar-refractivity contribution < 1.29 is 37.7 Å². The molecule has 44 heavy (non-hydrogen) atoms. The predicted octanol–water partition coefficient (Wildman–Crippen LogP) is 4.75. The summed E-state index contributed by atoms with van der Waals surface area (Å²) >= 11 is 0. The number of carbonyl (C=O) groups is 3. The van der Waals surface area contributed by atoms with Crippen LogP contribution in [0.15, 0.2) is 41.5 Å². The Labute approximate surface area is 254 Å². The van der Waals surface area contributed by atoms with Crippen molar-refractivity contribution in [2.75, 3.05) is 18.5 Å². The molecule has 2 aromatic rings. The van der Waals surface area contributed by atoms with E-state index in [9.17, 15) is 14.4 Å². The summed E-state index contributed by atoms with van der Waals surface area (Å²) in [5, 5.41) is 11.6. The van der Waals surface area contributed by atoms with Gasteiger partial charge in [0, 0.05) is 17.4 Å². The lowest BCUT2D eigenvalue weighted by molar-refractivity contribution is 0.00198. The average Bonchev–Trinajstić information content (AvgIpc) is 3.41. The first-order valence-corrected chi connectivity index (χ1v) is 13.6. The fourth-order valence-electron chi connectivity index (χ4n) is 4.55. The number of benzene rings is 1. The molecule has 0 bridgehead atoms. The summed E-state index contributed by atoms with van der Waals surface area (Å²) in [5.74, 6) is 0.423. The number of carbonyl (C=O) groups excluding carboxylic acids is 3. The number of amidine groups is 1. The number of anilines is 1. The van der Waals surface area contributed by atoms with Crippen molar-refractivity contribution >= 4 is 29.8 Å². The molecule has 1 aromatic carbocycles. The zero-order valence-electron chi connectivity index (χ0n) is 25.1. The fraction of sp³-hybridized carbons (Fsp3) is 0.419. The number of aromatic nitrogens is 1. The monoisotopic (exact) mass is 605 g/mol. The number of ether oxygens (including phenoxy) is 4. The number of fused-ring (bicyclic) bond motifs is 1. The van der Waals surface area contributed by atoms with Crippen LogP contribution in [-0.2, 0) is 24.5 Å². The molecular formula is C31H32FN5O7. The molecule has 1 saturated heterocycles.